The van der Waals surface area contributed by atoms with Gasteiger partial charge in [-0.1, -0.05) is 11.6 Å². The van der Waals surface area contributed by atoms with Gasteiger partial charge in [0.25, 0.3) is 11.8 Å². The number of carbonyl (C=O) groups is 2. The van der Waals surface area contributed by atoms with Crippen LogP contribution in [0.4, 0.5) is 4.39 Å². The van der Waals surface area contributed by atoms with Gasteiger partial charge in [-0.3, -0.25) is 9.59 Å². The summed E-state index contributed by atoms with van der Waals surface area (Å²) in [5, 5.41) is 16.4. The maximum absolute atomic E-state index is 13.3. The van der Waals surface area contributed by atoms with Crippen LogP contribution in [0.25, 0.3) is 0 Å². The molecule has 0 radical (unpaired) electrons. The number of nitrogens with one attached hydrogen (secondary N) is 2. The van der Waals surface area contributed by atoms with Gasteiger partial charge in [0.05, 0.1) is 0 Å². The molecule has 1 unspecified atom stereocenters. The van der Waals surface area contributed by atoms with Gasteiger partial charge in [0.2, 0.25) is 5.60 Å². The van der Waals surface area contributed by atoms with Crippen molar-refractivity contribution < 1.29 is 19.1 Å². The van der Waals surface area contributed by atoms with Gasteiger partial charge in [0.15, 0.2) is 0 Å². The number of hydrogen-bond acceptors (Lipinski definition) is 4. The van der Waals surface area contributed by atoms with Crippen molar-refractivity contribution in [1.82, 2.24) is 15.5 Å². The fourth-order valence-corrected chi connectivity index (χ4v) is 3.48. The molecule has 2 atom stereocenters. The lowest BCUT2D eigenvalue weighted by atomic mass is 10.0. The van der Waals surface area contributed by atoms with Gasteiger partial charge in [-0.05, 0) is 36.7 Å². The summed E-state index contributed by atoms with van der Waals surface area (Å²) in [4.78, 5) is 26.4. The minimum Gasteiger partial charge on any atom is -0.372 e. The first-order valence-corrected chi connectivity index (χ1v) is 8.25. The van der Waals surface area contributed by atoms with Gasteiger partial charge in [-0.2, -0.15) is 0 Å². The third-order valence-electron chi connectivity index (χ3n) is 4.56. The highest BCUT2D eigenvalue weighted by Crippen LogP contribution is 2.27. The van der Waals surface area contributed by atoms with Crippen molar-refractivity contribution in [2.75, 3.05) is 19.6 Å². The summed E-state index contributed by atoms with van der Waals surface area (Å²) >= 11 is 5.77. The maximum Gasteiger partial charge on any atom is 0.264 e. The number of hydrogen-bond donors (Lipinski definition) is 3. The molecular formula is C16H19ClFN3O3. The van der Waals surface area contributed by atoms with Crippen molar-refractivity contribution in [2.45, 2.75) is 31.0 Å². The second-order valence-corrected chi connectivity index (χ2v) is 6.65. The van der Waals surface area contributed by atoms with E-state index in [1.807, 2.05) is 0 Å². The number of nitrogens with zero attached hydrogens (tertiary/aromatic N) is 1. The third kappa shape index (κ3) is 3.24. The molecule has 0 bridgehead atoms. The van der Waals surface area contributed by atoms with Gasteiger partial charge in [-0.25, -0.2) is 4.39 Å². The summed E-state index contributed by atoms with van der Waals surface area (Å²) in [7, 11) is 0. The first-order valence-electron chi connectivity index (χ1n) is 7.87. The lowest BCUT2D eigenvalue weighted by molar-refractivity contribution is -0.155. The van der Waals surface area contributed by atoms with Gasteiger partial charge in [0, 0.05) is 37.1 Å². The Morgan fingerprint density at radius 3 is 2.96 bits per heavy atom. The van der Waals surface area contributed by atoms with Crippen LogP contribution in [-0.4, -0.2) is 53.1 Å². The molecule has 2 fully saturated rings. The number of halogens is 2. The fourth-order valence-electron chi connectivity index (χ4n) is 3.23. The highest BCUT2D eigenvalue weighted by molar-refractivity contribution is 6.30. The van der Waals surface area contributed by atoms with E-state index in [9.17, 15) is 19.1 Å². The van der Waals surface area contributed by atoms with Gasteiger partial charge < -0.3 is 20.6 Å². The van der Waals surface area contributed by atoms with Crippen molar-refractivity contribution >= 4 is 23.4 Å². The van der Waals surface area contributed by atoms with Crippen LogP contribution in [0.1, 0.15) is 18.4 Å². The van der Waals surface area contributed by atoms with Gasteiger partial charge in [-0.15, -0.1) is 0 Å². The minimum atomic E-state index is -2.06. The first kappa shape index (κ1) is 17.1. The molecule has 1 aromatic rings. The standard InChI is InChI=1S/C16H19ClFN3O3/c17-11-5-10(6-12(18)7-11)8-20-14(22)16(24)2-4-21(15(16)23)13-1-3-19-9-13/h5-7,13,19,24H,1-4,8-9H2,(H,20,22)/t13?,16-/m1/s1. The molecule has 2 amide bonds. The van der Waals surface area contributed by atoms with Crippen LogP contribution in [0, 0.1) is 5.82 Å². The number of rotatable bonds is 4. The summed E-state index contributed by atoms with van der Waals surface area (Å²) in [6, 6.07) is 3.93. The molecule has 24 heavy (non-hydrogen) atoms. The van der Waals surface area contributed by atoms with Crippen molar-refractivity contribution in [3.63, 3.8) is 0 Å². The van der Waals surface area contributed by atoms with Crippen molar-refractivity contribution in [3.05, 3.63) is 34.6 Å². The summed E-state index contributed by atoms with van der Waals surface area (Å²) < 4.78 is 13.3. The lowest BCUT2D eigenvalue weighted by Crippen LogP contribution is -2.53. The first-order chi connectivity index (χ1) is 11.4. The topological polar surface area (TPSA) is 81.7 Å². The van der Waals surface area contributed by atoms with Crippen LogP contribution in [0.5, 0.6) is 0 Å². The van der Waals surface area contributed by atoms with Gasteiger partial charge >= 0.3 is 0 Å². The number of likely N-dealkylation sites (tertiary alicyclic amines) is 1. The van der Waals surface area contributed by atoms with Crippen LogP contribution in [0.2, 0.25) is 5.02 Å². The van der Waals surface area contributed by atoms with Crippen LogP contribution >= 0.6 is 11.6 Å². The summed E-state index contributed by atoms with van der Waals surface area (Å²) in [5.74, 6) is -1.84. The summed E-state index contributed by atoms with van der Waals surface area (Å²) in [6.07, 6.45) is 0.864. The smallest absolute Gasteiger partial charge is 0.264 e. The van der Waals surface area contributed by atoms with E-state index in [-0.39, 0.29) is 24.0 Å². The quantitative estimate of drug-likeness (QED) is 0.684. The van der Waals surface area contributed by atoms with E-state index in [2.05, 4.69) is 10.6 Å². The molecule has 8 heteroatoms. The molecule has 0 aromatic heterocycles. The van der Waals surface area contributed by atoms with Crippen LogP contribution in [-0.2, 0) is 16.1 Å². The van der Waals surface area contributed by atoms with Crippen LogP contribution in [0.15, 0.2) is 18.2 Å². The molecule has 1 aromatic carbocycles. The third-order valence-corrected chi connectivity index (χ3v) is 4.77. The minimum absolute atomic E-state index is 0.0151. The zero-order valence-electron chi connectivity index (χ0n) is 13.0. The molecule has 0 spiro atoms. The Kier molecular flexibility index (Phi) is 4.76. The molecule has 0 saturated carbocycles. The fraction of sp³-hybridized carbons (Fsp3) is 0.500. The van der Waals surface area contributed by atoms with E-state index in [4.69, 9.17) is 11.6 Å². The molecule has 6 nitrogen and oxygen atoms in total. The maximum atomic E-state index is 13.3. The summed E-state index contributed by atoms with van der Waals surface area (Å²) in [5.41, 5.74) is -1.60. The average Bonchev–Trinajstić information content (AvgIpc) is 3.14. The largest absolute Gasteiger partial charge is 0.372 e. The van der Waals surface area contributed by atoms with E-state index >= 15 is 0 Å². The zero-order chi connectivity index (χ0) is 17.3. The van der Waals surface area contributed by atoms with Gasteiger partial charge in [0.1, 0.15) is 5.82 Å². The molecule has 130 valence electrons. The predicted octanol–water partition coefficient (Wildman–Crippen LogP) is 0.421. The van der Waals surface area contributed by atoms with Crippen molar-refractivity contribution in [2.24, 2.45) is 0 Å². The molecule has 3 rings (SSSR count). The molecule has 2 heterocycles. The Morgan fingerprint density at radius 1 is 1.50 bits per heavy atom. The van der Waals surface area contributed by atoms with E-state index in [0.717, 1.165) is 19.0 Å². The van der Waals surface area contributed by atoms with Crippen LogP contribution in [0.3, 0.4) is 0 Å². The van der Waals surface area contributed by atoms with E-state index in [0.29, 0.717) is 18.7 Å². The predicted molar refractivity (Wildman–Crippen MR) is 85.8 cm³/mol. The Balaban J connectivity index is 1.64. The molecule has 3 N–H and O–H groups in total. The van der Waals surface area contributed by atoms with E-state index < -0.39 is 23.2 Å². The Bertz CT molecular complexity index is 646. The number of carbonyl (C=O) groups excluding carboxylic acids is 2. The average molecular weight is 356 g/mol. The monoisotopic (exact) mass is 355 g/mol. The number of benzene rings is 1. The summed E-state index contributed by atoms with van der Waals surface area (Å²) in [6.45, 7) is 1.82. The number of aliphatic hydroxyl groups is 1. The molecule has 2 saturated heterocycles. The second-order valence-electron chi connectivity index (χ2n) is 6.22. The highest BCUT2D eigenvalue weighted by atomic mass is 35.5. The lowest BCUT2D eigenvalue weighted by Gasteiger charge is -2.25. The van der Waals surface area contributed by atoms with Crippen molar-refractivity contribution in [1.29, 1.82) is 0 Å². The Hall–Kier alpha value is -1.70. The molecule has 2 aliphatic heterocycles. The van der Waals surface area contributed by atoms with E-state index in [1.54, 1.807) is 4.90 Å². The van der Waals surface area contributed by atoms with Crippen molar-refractivity contribution in [3.8, 4) is 0 Å². The Morgan fingerprint density at radius 2 is 2.29 bits per heavy atom. The van der Waals surface area contributed by atoms with Crippen LogP contribution < -0.4 is 10.6 Å². The second kappa shape index (κ2) is 6.66. The van der Waals surface area contributed by atoms with E-state index in [1.165, 1.54) is 12.1 Å². The molecular weight excluding hydrogens is 337 g/mol. The SMILES string of the molecule is O=C(NCc1cc(F)cc(Cl)c1)[C@]1(O)CCN(C2CCNC2)C1=O. The molecule has 0 aliphatic carbocycles. The highest BCUT2D eigenvalue weighted by Gasteiger charge is 2.52. The molecule has 2 aliphatic rings. The zero-order valence-corrected chi connectivity index (χ0v) is 13.8. The Labute approximate surface area is 144 Å². The normalized spacial score (nSPS) is 26.9. The number of amides is 2.